The molecule has 0 amide bonds. The third kappa shape index (κ3) is 4.35. The Morgan fingerprint density at radius 1 is 0.952 bits per heavy atom. The van der Waals surface area contributed by atoms with E-state index in [1.54, 1.807) is 56.7 Å². The predicted octanol–water partition coefficient (Wildman–Crippen LogP) is 3.01. The van der Waals surface area contributed by atoms with Gasteiger partial charge < -0.3 is 14.2 Å². The maximum atomic E-state index is 11.7. The SMILES string of the molecule is COc1cc(N=CC(=O)Oc2ccccc2)cc(OC)c1. The van der Waals surface area contributed by atoms with Gasteiger partial charge in [0.25, 0.3) is 0 Å². The molecule has 0 bridgehead atoms. The van der Waals surface area contributed by atoms with E-state index < -0.39 is 5.97 Å². The van der Waals surface area contributed by atoms with Crippen LogP contribution < -0.4 is 14.2 Å². The summed E-state index contributed by atoms with van der Waals surface area (Å²) in [6.07, 6.45) is 1.11. The average Bonchev–Trinajstić information content (AvgIpc) is 2.53. The molecule has 21 heavy (non-hydrogen) atoms. The number of methoxy groups -OCH3 is 2. The van der Waals surface area contributed by atoms with E-state index in [4.69, 9.17) is 14.2 Å². The van der Waals surface area contributed by atoms with E-state index in [-0.39, 0.29) is 0 Å². The van der Waals surface area contributed by atoms with Gasteiger partial charge in [0.05, 0.1) is 19.9 Å². The average molecular weight is 285 g/mol. The van der Waals surface area contributed by atoms with Crippen LogP contribution in [0, 0.1) is 0 Å². The molecule has 0 aliphatic rings. The maximum Gasteiger partial charge on any atom is 0.354 e. The number of aliphatic imine (C=N–C) groups is 1. The van der Waals surface area contributed by atoms with Crippen molar-refractivity contribution >= 4 is 17.9 Å². The molecule has 0 fully saturated rings. The van der Waals surface area contributed by atoms with E-state index in [9.17, 15) is 4.79 Å². The Hall–Kier alpha value is -2.82. The summed E-state index contributed by atoms with van der Waals surface area (Å²) < 4.78 is 15.4. The highest BCUT2D eigenvalue weighted by Gasteiger charge is 2.03. The van der Waals surface area contributed by atoms with Gasteiger partial charge >= 0.3 is 5.97 Å². The van der Waals surface area contributed by atoms with Crippen LogP contribution in [0.1, 0.15) is 0 Å². The normalized spacial score (nSPS) is 10.4. The molecule has 0 saturated heterocycles. The number of carbonyl (C=O) groups is 1. The fourth-order valence-corrected chi connectivity index (χ4v) is 1.63. The van der Waals surface area contributed by atoms with Crippen LogP contribution in [-0.4, -0.2) is 26.4 Å². The Labute approximate surface area is 122 Å². The van der Waals surface area contributed by atoms with Gasteiger partial charge in [-0.2, -0.15) is 0 Å². The molecule has 0 heterocycles. The molecular weight excluding hydrogens is 270 g/mol. The molecule has 2 aromatic rings. The van der Waals surface area contributed by atoms with E-state index in [1.165, 1.54) is 0 Å². The van der Waals surface area contributed by atoms with Crippen molar-refractivity contribution in [2.75, 3.05) is 14.2 Å². The number of para-hydroxylation sites is 1. The lowest BCUT2D eigenvalue weighted by molar-refractivity contribution is -0.126. The van der Waals surface area contributed by atoms with Gasteiger partial charge in [-0.25, -0.2) is 9.79 Å². The zero-order chi connectivity index (χ0) is 15.1. The van der Waals surface area contributed by atoms with Gasteiger partial charge in [-0.05, 0) is 12.1 Å². The van der Waals surface area contributed by atoms with Crippen molar-refractivity contribution in [3.63, 3.8) is 0 Å². The summed E-state index contributed by atoms with van der Waals surface area (Å²) in [5.41, 5.74) is 0.538. The van der Waals surface area contributed by atoms with Gasteiger partial charge in [0, 0.05) is 18.2 Å². The minimum Gasteiger partial charge on any atom is -0.497 e. The van der Waals surface area contributed by atoms with Gasteiger partial charge in [0.15, 0.2) is 0 Å². The van der Waals surface area contributed by atoms with Crippen molar-refractivity contribution in [1.82, 2.24) is 0 Å². The summed E-state index contributed by atoms with van der Waals surface area (Å²) >= 11 is 0. The van der Waals surface area contributed by atoms with Gasteiger partial charge in [-0.3, -0.25) is 0 Å². The molecule has 0 atom stereocenters. The molecule has 0 radical (unpaired) electrons. The second kappa shape index (κ2) is 7.09. The summed E-state index contributed by atoms with van der Waals surface area (Å²) in [4.78, 5) is 15.7. The quantitative estimate of drug-likeness (QED) is 0.481. The fraction of sp³-hybridized carbons (Fsp3) is 0.125. The van der Waals surface area contributed by atoms with Crippen LogP contribution in [0.5, 0.6) is 17.2 Å². The van der Waals surface area contributed by atoms with Crippen molar-refractivity contribution in [2.24, 2.45) is 4.99 Å². The van der Waals surface area contributed by atoms with Crippen molar-refractivity contribution in [3.8, 4) is 17.2 Å². The number of nitrogens with zero attached hydrogens (tertiary/aromatic N) is 1. The molecule has 0 N–H and O–H groups in total. The molecule has 0 unspecified atom stereocenters. The minimum atomic E-state index is -0.553. The molecule has 5 heteroatoms. The summed E-state index contributed by atoms with van der Waals surface area (Å²) in [5, 5.41) is 0. The highest BCUT2D eigenvalue weighted by Crippen LogP contribution is 2.27. The van der Waals surface area contributed by atoms with Gasteiger partial charge in [-0.1, -0.05) is 18.2 Å². The van der Waals surface area contributed by atoms with E-state index in [0.29, 0.717) is 22.9 Å². The molecule has 0 saturated carbocycles. The lowest BCUT2D eigenvalue weighted by atomic mass is 10.3. The van der Waals surface area contributed by atoms with Crippen molar-refractivity contribution < 1.29 is 19.0 Å². The summed E-state index contributed by atoms with van der Waals surface area (Å²) in [6.45, 7) is 0. The van der Waals surface area contributed by atoms with E-state index in [2.05, 4.69) is 4.99 Å². The first-order valence-electron chi connectivity index (χ1n) is 6.25. The first kappa shape index (κ1) is 14.6. The van der Waals surface area contributed by atoms with E-state index in [0.717, 1.165) is 6.21 Å². The third-order valence-corrected chi connectivity index (χ3v) is 2.62. The van der Waals surface area contributed by atoms with E-state index in [1.807, 2.05) is 6.07 Å². The molecule has 0 aromatic heterocycles. The number of benzene rings is 2. The molecule has 5 nitrogen and oxygen atoms in total. The standard InChI is InChI=1S/C16H15NO4/c1-19-14-8-12(9-15(10-14)20-2)17-11-16(18)21-13-6-4-3-5-7-13/h3-11H,1-2H3. The molecule has 2 rings (SSSR count). The summed E-state index contributed by atoms with van der Waals surface area (Å²) in [7, 11) is 3.10. The topological polar surface area (TPSA) is 57.1 Å². The van der Waals surface area contributed by atoms with Crippen molar-refractivity contribution in [2.45, 2.75) is 0 Å². The predicted molar refractivity (Wildman–Crippen MR) is 79.8 cm³/mol. The van der Waals surface area contributed by atoms with Crippen LogP contribution in [0.2, 0.25) is 0 Å². The van der Waals surface area contributed by atoms with E-state index >= 15 is 0 Å². The number of carbonyl (C=O) groups excluding carboxylic acids is 1. The second-order valence-corrected chi connectivity index (χ2v) is 4.06. The third-order valence-electron chi connectivity index (χ3n) is 2.62. The number of rotatable bonds is 5. The Bertz CT molecular complexity index is 616. The van der Waals surface area contributed by atoms with Crippen LogP contribution in [0.25, 0.3) is 0 Å². The first-order valence-corrected chi connectivity index (χ1v) is 6.25. The van der Waals surface area contributed by atoms with Gasteiger partial charge in [-0.15, -0.1) is 0 Å². The molecular formula is C16H15NO4. The highest BCUT2D eigenvalue weighted by atomic mass is 16.5. The molecule has 0 spiro atoms. The largest absolute Gasteiger partial charge is 0.497 e. The fourth-order valence-electron chi connectivity index (χ4n) is 1.63. The molecule has 2 aromatic carbocycles. The minimum absolute atomic E-state index is 0.470. The van der Waals surface area contributed by atoms with Crippen LogP contribution >= 0.6 is 0 Å². The Balaban J connectivity index is 2.08. The summed E-state index contributed by atoms with van der Waals surface area (Å²) in [5.74, 6) is 1.11. The molecule has 0 aliphatic heterocycles. The smallest absolute Gasteiger partial charge is 0.354 e. The maximum absolute atomic E-state index is 11.7. The van der Waals surface area contributed by atoms with Crippen molar-refractivity contribution in [1.29, 1.82) is 0 Å². The number of hydrogen-bond acceptors (Lipinski definition) is 5. The van der Waals surface area contributed by atoms with Gasteiger partial charge in [0.2, 0.25) is 0 Å². The Morgan fingerprint density at radius 3 is 2.14 bits per heavy atom. The number of hydrogen-bond donors (Lipinski definition) is 0. The van der Waals surface area contributed by atoms with Crippen molar-refractivity contribution in [3.05, 3.63) is 48.5 Å². The van der Waals surface area contributed by atoms with Crippen LogP contribution in [0.4, 0.5) is 5.69 Å². The van der Waals surface area contributed by atoms with Crippen LogP contribution in [0.15, 0.2) is 53.5 Å². The number of ether oxygens (including phenoxy) is 3. The second-order valence-electron chi connectivity index (χ2n) is 4.06. The molecule has 0 aliphatic carbocycles. The lowest BCUT2D eigenvalue weighted by Crippen LogP contribution is -2.08. The monoisotopic (exact) mass is 285 g/mol. The van der Waals surface area contributed by atoms with Crippen LogP contribution in [0.3, 0.4) is 0 Å². The highest BCUT2D eigenvalue weighted by molar-refractivity contribution is 6.24. The zero-order valence-corrected chi connectivity index (χ0v) is 11.8. The molecule has 108 valence electrons. The van der Waals surface area contributed by atoms with Gasteiger partial charge in [0.1, 0.15) is 23.5 Å². The Kier molecular flexibility index (Phi) is 4.93. The first-order chi connectivity index (χ1) is 10.2. The summed E-state index contributed by atoms with van der Waals surface area (Å²) in [6, 6.07) is 13.9. The Morgan fingerprint density at radius 2 is 1.57 bits per heavy atom. The van der Waals surface area contributed by atoms with Crippen LogP contribution in [-0.2, 0) is 4.79 Å². The zero-order valence-electron chi connectivity index (χ0n) is 11.8. The number of esters is 1. The lowest BCUT2D eigenvalue weighted by Gasteiger charge is -2.05.